The molecule has 5 nitrogen and oxygen atoms in total. The van der Waals surface area contributed by atoms with Crippen molar-refractivity contribution < 1.29 is 9.18 Å². The number of hydrogen-bond acceptors (Lipinski definition) is 4. The summed E-state index contributed by atoms with van der Waals surface area (Å²) in [7, 11) is 4.07. The monoisotopic (exact) mass is 440 g/mol. The fraction of sp³-hybridized carbons (Fsp3) is 0.500. The Morgan fingerprint density at radius 1 is 1.00 bits per heavy atom. The van der Waals surface area contributed by atoms with Gasteiger partial charge in [0.15, 0.2) is 0 Å². The van der Waals surface area contributed by atoms with E-state index in [1.54, 1.807) is 0 Å². The summed E-state index contributed by atoms with van der Waals surface area (Å²) >= 11 is 0. The van der Waals surface area contributed by atoms with Crippen LogP contribution in [-0.2, 0) is 4.79 Å². The molecule has 2 aromatic carbocycles. The van der Waals surface area contributed by atoms with E-state index in [4.69, 9.17) is 0 Å². The minimum absolute atomic E-state index is 0.0340. The minimum Gasteiger partial charge on any atom is -0.378 e. The van der Waals surface area contributed by atoms with Gasteiger partial charge in [-0.3, -0.25) is 9.69 Å². The lowest BCUT2D eigenvalue weighted by Gasteiger charge is -2.40. The highest BCUT2D eigenvalue weighted by Crippen LogP contribution is 2.26. The zero-order valence-electron chi connectivity index (χ0n) is 20.1. The van der Waals surface area contributed by atoms with Crippen LogP contribution in [0.2, 0.25) is 0 Å². The van der Waals surface area contributed by atoms with Crippen molar-refractivity contribution in [3.63, 3.8) is 0 Å². The van der Waals surface area contributed by atoms with E-state index in [2.05, 4.69) is 65.1 Å². The lowest BCUT2D eigenvalue weighted by atomic mass is 9.92. The Hall–Kier alpha value is -2.60. The summed E-state index contributed by atoms with van der Waals surface area (Å²) in [5.41, 5.74) is 3.39. The van der Waals surface area contributed by atoms with Gasteiger partial charge in [-0.1, -0.05) is 32.9 Å². The molecular formula is C26H37FN4O. The number of nitrogens with zero attached hydrogens (tertiary/aromatic N) is 3. The summed E-state index contributed by atoms with van der Waals surface area (Å²) in [6.07, 6.45) is 0.512. The average Bonchev–Trinajstić information content (AvgIpc) is 2.74. The summed E-state index contributed by atoms with van der Waals surface area (Å²) in [5.74, 6) is -0.114. The SMILES string of the molecule is CN(C)c1ccc([C@H](CNC(=O)CC(C)(C)C)N2CCN(c3ccc(F)cc3)CC2)cc1. The molecule has 0 radical (unpaired) electrons. The van der Waals surface area contributed by atoms with Gasteiger partial charge in [-0.15, -0.1) is 0 Å². The lowest BCUT2D eigenvalue weighted by molar-refractivity contribution is -0.123. The number of piperazine rings is 1. The maximum atomic E-state index is 13.3. The zero-order valence-corrected chi connectivity index (χ0v) is 20.1. The van der Waals surface area contributed by atoms with Gasteiger partial charge < -0.3 is 15.1 Å². The molecule has 0 aliphatic carbocycles. The van der Waals surface area contributed by atoms with E-state index in [1.165, 1.54) is 17.7 Å². The van der Waals surface area contributed by atoms with Gasteiger partial charge in [0, 0.05) is 64.6 Å². The molecule has 1 fully saturated rings. The molecule has 0 saturated carbocycles. The van der Waals surface area contributed by atoms with Crippen molar-refractivity contribution in [2.45, 2.75) is 33.2 Å². The number of amides is 1. The maximum Gasteiger partial charge on any atom is 0.220 e. The fourth-order valence-electron chi connectivity index (χ4n) is 4.15. The smallest absolute Gasteiger partial charge is 0.220 e. The zero-order chi connectivity index (χ0) is 23.3. The number of benzene rings is 2. The Morgan fingerprint density at radius 3 is 2.12 bits per heavy atom. The molecule has 0 bridgehead atoms. The molecule has 0 aromatic heterocycles. The van der Waals surface area contributed by atoms with Crippen molar-refractivity contribution in [3.8, 4) is 0 Å². The Labute approximate surface area is 192 Å². The first kappa shape index (κ1) is 24.1. The summed E-state index contributed by atoms with van der Waals surface area (Å²) < 4.78 is 13.3. The average molecular weight is 441 g/mol. The Kier molecular flexibility index (Phi) is 7.77. The van der Waals surface area contributed by atoms with Gasteiger partial charge in [0.05, 0.1) is 6.04 Å². The molecule has 1 amide bonds. The lowest BCUT2D eigenvalue weighted by Crippen LogP contribution is -2.50. The van der Waals surface area contributed by atoms with Crippen LogP contribution in [-0.4, -0.2) is 57.6 Å². The summed E-state index contributed by atoms with van der Waals surface area (Å²) in [6.45, 7) is 10.3. The predicted molar refractivity (Wildman–Crippen MR) is 131 cm³/mol. The van der Waals surface area contributed by atoms with Crippen LogP contribution in [0, 0.1) is 11.2 Å². The number of carbonyl (C=O) groups is 1. The second kappa shape index (κ2) is 10.3. The normalized spacial score (nSPS) is 16.0. The van der Waals surface area contributed by atoms with E-state index in [-0.39, 0.29) is 23.2 Å². The molecule has 0 unspecified atom stereocenters. The van der Waals surface area contributed by atoms with Crippen LogP contribution in [0.25, 0.3) is 0 Å². The van der Waals surface area contributed by atoms with E-state index in [0.717, 1.165) is 37.6 Å². The molecule has 1 aliphatic heterocycles. The number of carbonyl (C=O) groups excluding carboxylic acids is 1. The quantitative estimate of drug-likeness (QED) is 0.697. The minimum atomic E-state index is -0.209. The molecule has 0 spiro atoms. The van der Waals surface area contributed by atoms with Gasteiger partial charge in [0.25, 0.3) is 0 Å². The van der Waals surface area contributed by atoms with Crippen LogP contribution in [0.1, 0.15) is 38.8 Å². The molecule has 1 saturated heterocycles. The number of halogens is 1. The molecule has 174 valence electrons. The standard InChI is InChI=1S/C26H37FN4O/c1-26(2,3)18-25(32)28-19-24(20-6-10-22(11-7-20)29(4)5)31-16-14-30(15-17-31)23-12-8-21(27)9-13-23/h6-13,24H,14-19H2,1-5H3,(H,28,32)/t24-/m0/s1. The second-order valence-corrected chi connectivity index (χ2v) is 10.0. The third kappa shape index (κ3) is 6.70. The molecule has 32 heavy (non-hydrogen) atoms. The highest BCUT2D eigenvalue weighted by atomic mass is 19.1. The van der Waals surface area contributed by atoms with Crippen LogP contribution >= 0.6 is 0 Å². The first-order valence-corrected chi connectivity index (χ1v) is 11.4. The van der Waals surface area contributed by atoms with E-state index >= 15 is 0 Å². The first-order valence-electron chi connectivity index (χ1n) is 11.4. The molecule has 6 heteroatoms. The number of anilines is 2. The molecule has 3 rings (SSSR count). The molecule has 1 N–H and O–H groups in total. The van der Waals surface area contributed by atoms with Crippen LogP contribution < -0.4 is 15.1 Å². The van der Waals surface area contributed by atoms with Gasteiger partial charge in [-0.25, -0.2) is 4.39 Å². The Bertz CT molecular complexity index is 866. The molecule has 2 aromatic rings. The number of rotatable bonds is 7. The fourth-order valence-corrected chi connectivity index (χ4v) is 4.15. The largest absolute Gasteiger partial charge is 0.378 e. The van der Waals surface area contributed by atoms with Crippen molar-refractivity contribution >= 4 is 17.3 Å². The van der Waals surface area contributed by atoms with Gasteiger partial charge in [0.2, 0.25) is 5.91 Å². The van der Waals surface area contributed by atoms with E-state index in [1.807, 2.05) is 26.2 Å². The first-order chi connectivity index (χ1) is 15.1. The van der Waals surface area contributed by atoms with E-state index in [0.29, 0.717) is 13.0 Å². The van der Waals surface area contributed by atoms with Crippen molar-refractivity contribution in [2.75, 3.05) is 56.6 Å². The highest BCUT2D eigenvalue weighted by Gasteiger charge is 2.26. The second-order valence-electron chi connectivity index (χ2n) is 10.0. The van der Waals surface area contributed by atoms with Crippen LogP contribution in [0.5, 0.6) is 0 Å². The molecule has 1 atom stereocenters. The summed E-state index contributed by atoms with van der Waals surface area (Å²) in [5, 5.41) is 3.18. The van der Waals surface area contributed by atoms with E-state index < -0.39 is 0 Å². The van der Waals surface area contributed by atoms with Crippen molar-refractivity contribution in [1.82, 2.24) is 10.2 Å². The van der Waals surface area contributed by atoms with Crippen LogP contribution in [0.15, 0.2) is 48.5 Å². The Morgan fingerprint density at radius 2 is 1.59 bits per heavy atom. The summed E-state index contributed by atoms with van der Waals surface area (Å²) in [4.78, 5) is 19.3. The number of nitrogens with one attached hydrogen (secondary N) is 1. The number of hydrogen-bond donors (Lipinski definition) is 1. The van der Waals surface area contributed by atoms with Crippen LogP contribution in [0.4, 0.5) is 15.8 Å². The third-order valence-corrected chi connectivity index (χ3v) is 5.92. The maximum absolute atomic E-state index is 13.3. The van der Waals surface area contributed by atoms with Gasteiger partial charge >= 0.3 is 0 Å². The summed E-state index contributed by atoms with van der Waals surface area (Å²) in [6, 6.07) is 15.4. The molecule has 1 aliphatic rings. The predicted octanol–water partition coefficient (Wildman–Crippen LogP) is 4.31. The van der Waals surface area contributed by atoms with Crippen molar-refractivity contribution in [2.24, 2.45) is 5.41 Å². The Balaban J connectivity index is 1.70. The van der Waals surface area contributed by atoms with Crippen LogP contribution in [0.3, 0.4) is 0 Å². The third-order valence-electron chi connectivity index (χ3n) is 5.92. The van der Waals surface area contributed by atoms with E-state index in [9.17, 15) is 9.18 Å². The van der Waals surface area contributed by atoms with Crippen molar-refractivity contribution in [1.29, 1.82) is 0 Å². The topological polar surface area (TPSA) is 38.8 Å². The van der Waals surface area contributed by atoms with Crippen molar-refractivity contribution in [3.05, 3.63) is 59.9 Å². The van der Waals surface area contributed by atoms with Gasteiger partial charge in [-0.05, 0) is 47.4 Å². The molecular weight excluding hydrogens is 403 g/mol. The van der Waals surface area contributed by atoms with Gasteiger partial charge in [-0.2, -0.15) is 0 Å². The molecule has 1 heterocycles. The highest BCUT2D eigenvalue weighted by molar-refractivity contribution is 5.76. The van der Waals surface area contributed by atoms with Gasteiger partial charge in [0.1, 0.15) is 5.82 Å².